The molecule has 0 atom stereocenters. The molecular weight excluding hydrogens is 260 g/mol. The van der Waals surface area contributed by atoms with Crippen LogP contribution in [0.2, 0.25) is 0 Å². The van der Waals surface area contributed by atoms with Crippen molar-refractivity contribution in [2.45, 2.75) is 6.92 Å². The highest BCUT2D eigenvalue weighted by atomic mass is 32.1. The summed E-state index contributed by atoms with van der Waals surface area (Å²) in [5, 5.41) is 0.988. The minimum absolute atomic E-state index is 0.0275. The first-order valence-corrected chi connectivity index (χ1v) is 7.14. The lowest BCUT2D eigenvalue weighted by molar-refractivity contribution is 0.0307. The van der Waals surface area contributed by atoms with Crippen LogP contribution in [0.4, 0.5) is 5.69 Å². The Hall–Kier alpha value is -1.59. The Bertz CT molecular complexity index is 630. The second kappa shape index (κ2) is 4.83. The summed E-state index contributed by atoms with van der Waals surface area (Å²) in [7, 11) is 0. The molecule has 1 fully saturated rings. The molecule has 0 saturated carbocycles. The van der Waals surface area contributed by atoms with Crippen molar-refractivity contribution in [1.29, 1.82) is 0 Å². The molecule has 4 nitrogen and oxygen atoms in total. The number of hydrogen-bond donors (Lipinski definition) is 1. The van der Waals surface area contributed by atoms with Crippen molar-refractivity contribution < 1.29 is 9.53 Å². The topological polar surface area (TPSA) is 55.6 Å². The minimum atomic E-state index is 0.0275. The van der Waals surface area contributed by atoms with Gasteiger partial charge in [0.2, 0.25) is 0 Å². The van der Waals surface area contributed by atoms with Gasteiger partial charge in [0.05, 0.1) is 18.9 Å². The van der Waals surface area contributed by atoms with Crippen molar-refractivity contribution in [3.05, 3.63) is 28.6 Å². The SMILES string of the molecule is Cc1ccc2sc(C(=O)N3CCOCC3)c(N)c2c1. The molecule has 1 saturated heterocycles. The average molecular weight is 276 g/mol. The highest BCUT2D eigenvalue weighted by Gasteiger charge is 2.23. The molecule has 1 aromatic heterocycles. The number of carbonyl (C=O) groups is 1. The van der Waals surface area contributed by atoms with Crippen molar-refractivity contribution in [3.63, 3.8) is 0 Å². The molecule has 0 unspecified atom stereocenters. The molecule has 2 aromatic rings. The third-order valence-corrected chi connectivity index (χ3v) is 4.55. The molecule has 1 amide bonds. The van der Waals surface area contributed by atoms with Crippen molar-refractivity contribution in [2.75, 3.05) is 32.0 Å². The van der Waals surface area contributed by atoms with Gasteiger partial charge in [-0.15, -0.1) is 11.3 Å². The lowest BCUT2D eigenvalue weighted by atomic mass is 10.1. The van der Waals surface area contributed by atoms with Crippen LogP contribution in [0.1, 0.15) is 15.2 Å². The first-order valence-electron chi connectivity index (χ1n) is 6.32. The number of ether oxygens (including phenoxy) is 1. The Morgan fingerprint density at radius 2 is 2.11 bits per heavy atom. The fourth-order valence-electron chi connectivity index (χ4n) is 2.30. The number of aryl methyl sites for hydroxylation is 1. The summed E-state index contributed by atoms with van der Waals surface area (Å²) in [5.41, 5.74) is 7.91. The second-order valence-electron chi connectivity index (χ2n) is 4.75. The molecule has 0 spiro atoms. The molecule has 2 N–H and O–H groups in total. The summed E-state index contributed by atoms with van der Waals surface area (Å²) in [6.07, 6.45) is 0. The van der Waals surface area contributed by atoms with Crippen molar-refractivity contribution in [3.8, 4) is 0 Å². The Kier molecular flexibility index (Phi) is 3.16. The van der Waals surface area contributed by atoms with Gasteiger partial charge in [-0.1, -0.05) is 11.6 Å². The monoisotopic (exact) mass is 276 g/mol. The first kappa shape index (κ1) is 12.4. The molecule has 3 rings (SSSR count). The van der Waals surface area contributed by atoms with Crippen LogP contribution in [0.5, 0.6) is 0 Å². The molecular formula is C14H16N2O2S. The first-order chi connectivity index (χ1) is 9.16. The predicted octanol–water partition coefficient (Wildman–Crippen LogP) is 2.26. The van der Waals surface area contributed by atoms with E-state index in [1.54, 1.807) is 0 Å². The van der Waals surface area contributed by atoms with Crippen LogP contribution in [0, 0.1) is 6.92 Å². The van der Waals surface area contributed by atoms with E-state index in [1.807, 2.05) is 30.0 Å². The fourth-order valence-corrected chi connectivity index (χ4v) is 3.37. The van der Waals surface area contributed by atoms with Gasteiger partial charge in [-0.2, -0.15) is 0 Å². The normalized spacial score (nSPS) is 15.9. The molecule has 1 aliphatic heterocycles. The summed E-state index contributed by atoms with van der Waals surface area (Å²) in [6, 6.07) is 6.11. The number of anilines is 1. The molecule has 1 aliphatic rings. The second-order valence-corrected chi connectivity index (χ2v) is 5.80. The number of hydrogen-bond acceptors (Lipinski definition) is 4. The van der Waals surface area contributed by atoms with E-state index in [-0.39, 0.29) is 5.91 Å². The Morgan fingerprint density at radius 3 is 2.84 bits per heavy atom. The van der Waals surface area contributed by atoms with Gasteiger partial charge in [0.1, 0.15) is 4.88 Å². The minimum Gasteiger partial charge on any atom is -0.397 e. The van der Waals surface area contributed by atoms with E-state index in [0.717, 1.165) is 15.6 Å². The van der Waals surface area contributed by atoms with Crippen molar-refractivity contribution in [2.24, 2.45) is 0 Å². The van der Waals surface area contributed by atoms with Crippen LogP contribution in [0.3, 0.4) is 0 Å². The lowest BCUT2D eigenvalue weighted by Crippen LogP contribution is -2.40. The van der Waals surface area contributed by atoms with E-state index in [4.69, 9.17) is 10.5 Å². The highest BCUT2D eigenvalue weighted by Crippen LogP contribution is 2.35. The van der Waals surface area contributed by atoms with Gasteiger partial charge >= 0.3 is 0 Å². The van der Waals surface area contributed by atoms with Gasteiger partial charge in [0, 0.05) is 23.2 Å². The van der Waals surface area contributed by atoms with Gasteiger partial charge in [0.25, 0.3) is 5.91 Å². The summed E-state index contributed by atoms with van der Waals surface area (Å²) >= 11 is 1.48. The maximum absolute atomic E-state index is 12.5. The van der Waals surface area contributed by atoms with Gasteiger partial charge < -0.3 is 15.4 Å². The highest BCUT2D eigenvalue weighted by molar-refractivity contribution is 7.21. The Morgan fingerprint density at radius 1 is 1.37 bits per heavy atom. The maximum Gasteiger partial charge on any atom is 0.266 e. The summed E-state index contributed by atoms with van der Waals surface area (Å²) in [4.78, 5) is 14.9. The number of nitrogens with two attached hydrogens (primary N) is 1. The molecule has 0 radical (unpaired) electrons. The van der Waals surface area contributed by atoms with Crippen molar-refractivity contribution >= 4 is 33.0 Å². The van der Waals surface area contributed by atoms with E-state index in [2.05, 4.69) is 0 Å². The number of benzene rings is 1. The summed E-state index contributed by atoms with van der Waals surface area (Å²) in [6.45, 7) is 4.53. The fraction of sp³-hybridized carbons (Fsp3) is 0.357. The van der Waals surface area contributed by atoms with Crippen LogP contribution in [-0.4, -0.2) is 37.1 Å². The summed E-state index contributed by atoms with van der Waals surface area (Å²) < 4.78 is 6.34. The number of morpholine rings is 1. The number of carbonyl (C=O) groups excluding carboxylic acids is 1. The standard InChI is InChI=1S/C14H16N2O2S/c1-9-2-3-11-10(8-9)12(15)13(19-11)14(17)16-4-6-18-7-5-16/h2-3,8H,4-7,15H2,1H3. The van der Waals surface area contributed by atoms with Gasteiger partial charge in [-0.05, 0) is 19.1 Å². The maximum atomic E-state index is 12.5. The molecule has 0 bridgehead atoms. The number of thiophene rings is 1. The zero-order valence-electron chi connectivity index (χ0n) is 10.8. The number of fused-ring (bicyclic) bond motifs is 1. The molecule has 2 heterocycles. The third-order valence-electron chi connectivity index (χ3n) is 3.37. The molecule has 0 aliphatic carbocycles. The number of amides is 1. The van der Waals surface area contributed by atoms with E-state index in [0.29, 0.717) is 36.9 Å². The van der Waals surface area contributed by atoms with Gasteiger partial charge in [0.15, 0.2) is 0 Å². The van der Waals surface area contributed by atoms with Crippen LogP contribution in [-0.2, 0) is 4.74 Å². The zero-order chi connectivity index (χ0) is 13.4. The van der Waals surface area contributed by atoms with Crippen LogP contribution >= 0.6 is 11.3 Å². The van der Waals surface area contributed by atoms with E-state index in [9.17, 15) is 4.79 Å². The van der Waals surface area contributed by atoms with E-state index >= 15 is 0 Å². The third kappa shape index (κ3) is 2.19. The Labute approximate surface area is 115 Å². The number of nitrogen functional groups attached to an aromatic ring is 1. The van der Waals surface area contributed by atoms with Crippen LogP contribution in [0.25, 0.3) is 10.1 Å². The van der Waals surface area contributed by atoms with Crippen LogP contribution < -0.4 is 5.73 Å². The number of nitrogens with zero attached hydrogens (tertiary/aromatic N) is 1. The number of rotatable bonds is 1. The van der Waals surface area contributed by atoms with Gasteiger partial charge in [-0.3, -0.25) is 4.79 Å². The molecule has 19 heavy (non-hydrogen) atoms. The molecule has 100 valence electrons. The average Bonchev–Trinajstić information content (AvgIpc) is 2.76. The Balaban J connectivity index is 2.00. The van der Waals surface area contributed by atoms with Gasteiger partial charge in [-0.25, -0.2) is 0 Å². The lowest BCUT2D eigenvalue weighted by Gasteiger charge is -2.26. The summed E-state index contributed by atoms with van der Waals surface area (Å²) in [5.74, 6) is 0.0275. The van der Waals surface area contributed by atoms with Crippen molar-refractivity contribution in [1.82, 2.24) is 4.90 Å². The zero-order valence-corrected chi connectivity index (χ0v) is 11.6. The van der Waals surface area contributed by atoms with Crippen LogP contribution in [0.15, 0.2) is 18.2 Å². The smallest absolute Gasteiger partial charge is 0.266 e. The van der Waals surface area contributed by atoms with E-state index < -0.39 is 0 Å². The predicted molar refractivity (Wildman–Crippen MR) is 77.7 cm³/mol. The van der Waals surface area contributed by atoms with E-state index in [1.165, 1.54) is 11.3 Å². The largest absolute Gasteiger partial charge is 0.397 e. The molecule has 1 aromatic carbocycles. The quantitative estimate of drug-likeness (QED) is 0.869. The molecule has 5 heteroatoms.